The highest BCUT2D eigenvalue weighted by molar-refractivity contribution is 6.48. The molecule has 0 aliphatic heterocycles. The molecule has 0 radical (unpaired) electrons. The molecule has 0 unspecified atom stereocenters. The predicted molar refractivity (Wildman–Crippen MR) is 58.6 cm³/mol. The molecule has 0 heterocycles. The average molecular weight is 237 g/mol. The molecule has 0 aromatic heterocycles. The van der Waals surface area contributed by atoms with E-state index >= 15 is 0 Å². The van der Waals surface area contributed by atoms with E-state index in [9.17, 15) is 0 Å². The predicted octanol–water partition coefficient (Wildman–Crippen LogP) is 3.83. The van der Waals surface area contributed by atoms with Crippen LogP contribution in [-0.2, 0) is 0 Å². The van der Waals surface area contributed by atoms with Crippen LogP contribution in [0.2, 0.25) is 15.1 Å². The van der Waals surface area contributed by atoms with Crippen LogP contribution in [0.25, 0.3) is 0 Å². The van der Waals surface area contributed by atoms with Crippen molar-refractivity contribution in [2.75, 3.05) is 0 Å². The largest absolute Gasteiger partial charge is 0.321 e. The van der Waals surface area contributed by atoms with Gasteiger partial charge in [-0.05, 0) is 11.6 Å². The zero-order valence-corrected chi connectivity index (χ0v) is 9.00. The van der Waals surface area contributed by atoms with Gasteiger partial charge in [-0.15, -0.1) is 6.58 Å². The third-order valence-electron chi connectivity index (χ3n) is 1.68. The van der Waals surface area contributed by atoms with Crippen molar-refractivity contribution in [1.82, 2.24) is 0 Å². The van der Waals surface area contributed by atoms with E-state index in [4.69, 9.17) is 40.5 Å². The van der Waals surface area contributed by atoms with Crippen molar-refractivity contribution < 1.29 is 0 Å². The van der Waals surface area contributed by atoms with Crippen molar-refractivity contribution in [3.63, 3.8) is 0 Å². The number of nitrogens with two attached hydrogens (primary N) is 1. The number of benzene rings is 1. The van der Waals surface area contributed by atoms with E-state index in [1.807, 2.05) is 0 Å². The van der Waals surface area contributed by atoms with Gasteiger partial charge in [0.15, 0.2) is 0 Å². The zero-order valence-electron chi connectivity index (χ0n) is 6.73. The molecule has 2 N–H and O–H groups in total. The summed E-state index contributed by atoms with van der Waals surface area (Å²) in [5.74, 6) is 0. The second-order valence-corrected chi connectivity index (χ2v) is 3.69. The first-order valence-corrected chi connectivity index (χ1v) is 4.73. The van der Waals surface area contributed by atoms with Crippen LogP contribution in [0.5, 0.6) is 0 Å². The molecule has 13 heavy (non-hydrogen) atoms. The minimum absolute atomic E-state index is 0.317. The molecule has 1 aromatic rings. The molecule has 0 saturated heterocycles. The van der Waals surface area contributed by atoms with Gasteiger partial charge >= 0.3 is 0 Å². The Morgan fingerprint density at radius 3 is 2.38 bits per heavy atom. The van der Waals surface area contributed by atoms with Crippen LogP contribution in [0, 0.1) is 0 Å². The lowest BCUT2D eigenvalue weighted by atomic mass is 10.1. The standard InChI is InChI=1S/C9H8Cl3N/c1-2-7(13)5-3-4-6(10)9(12)8(5)11/h2-4,7H,1,13H2/t7-/m0/s1. The molecule has 0 spiro atoms. The summed E-state index contributed by atoms with van der Waals surface area (Å²) in [4.78, 5) is 0. The molecule has 1 nitrogen and oxygen atoms in total. The van der Waals surface area contributed by atoms with Crippen LogP contribution in [0.1, 0.15) is 11.6 Å². The Bertz CT molecular complexity index is 336. The fourth-order valence-electron chi connectivity index (χ4n) is 0.925. The number of hydrogen-bond acceptors (Lipinski definition) is 1. The van der Waals surface area contributed by atoms with Gasteiger partial charge < -0.3 is 5.73 Å². The van der Waals surface area contributed by atoms with Crippen molar-refractivity contribution >= 4 is 34.8 Å². The first kappa shape index (κ1) is 10.9. The molecule has 1 rings (SSSR count). The summed E-state index contributed by atoms with van der Waals surface area (Å²) >= 11 is 17.5. The molecular formula is C9H8Cl3N. The van der Waals surface area contributed by atoms with Gasteiger partial charge in [0.1, 0.15) is 0 Å². The van der Waals surface area contributed by atoms with Crippen molar-refractivity contribution in [2.45, 2.75) is 6.04 Å². The van der Waals surface area contributed by atoms with Crippen molar-refractivity contribution in [3.8, 4) is 0 Å². The first-order chi connectivity index (χ1) is 6.07. The lowest BCUT2D eigenvalue weighted by Crippen LogP contribution is -2.07. The van der Waals surface area contributed by atoms with Gasteiger partial charge in [-0.2, -0.15) is 0 Å². The van der Waals surface area contributed by atoms with Crippen LogP contribution >= 0.6 is 34.8 Å². The van der Waals surface area contributed by atoms with Crippen LogP contribution in [0.15, 0.2) is 24.8 Å². The Morgan fingerprint density at radius 2 is 1.85 bits per heavy atom. The summed E-state index contributed by atoms with van der Waals surface area (Å²) in [7, 11) is 0. The lowest BCUT2D eigenvalue weighted by Gasteiger charge is -2.10. The Hall–Kier alpha value is -0.210. The summed E-state index contributed by atoms with van der Waals surface area (Å²) in [5, 5.41) is 1.14. The van der Waals surface area contributed by atoms with E-state index in [1.165, 1.54) is 0 Å². The second kappa shape index (κ2) is 4.34. The SMILES string of the molecule is C=C[C@H](N)c1ccc(Cl)c(Cl)c1Cl. The summed E-state index contributed by atoms with van der Waals surface area (Å²) in [6.45, 7) is 3.57. The smallest absolute Gasteiger partial charge is 0.0782 e. The van der Waals surface area contributed by atoms with Gasteiger partial charge in [-0.25, -0.2) is 0 Å². The Morgan fingerprint density at radius 1 is 1.23 bits per heavy atom. The molecule has 0 saturated carbocycles. The van der Waals surface area contributed by atoms with Crippen LogP contribution < -0.4 is 5.73 Å². The molecule has 4 heteroatoms. The quantitative estimate of drug-likeness (QED) is 0.613. The van der Waals surface area contributed by atoms with E-state index in [1.54, 1.807) is 18.2 Å². The molecule has 0 amide bonds. The van der Waals surface area contributed by atoms with E-state index in [-0.39, 0.29) is 6.04 Å². The third kappa shape index (κ3) is 2.18. The summed E-state index contributed by atoms with van der Waals surface area (Å²) < 4.78 is 0. The minimum atomic E-state index is -0.317. The Balaban J connectivity index is 3.25. The number of halogens is 3. The maximum Gasteiger partial charge on any atom is 0.0782 e. The fraction of sp³-hybridized carbons (Fsp3) is 0.111. The highest BCUT2D eigenvalue weighted by Gasteiger charge is 2.11. The fourth-order valence-corrected chi connectivity index (χ4v) is 1.59. The second-order valence-electron chi connectivity index (χ2n) is 2.53. The first-order valence-electron chi connectivity index (χ1n) is 3.59. The van der Waals surface area contributed by atoms with Gasteiger partial charge in [0.05, 0.1) is 15.1 Å². The topological polar surface area (TPSA) is 26.0 Å². The minimum Gasteiger partial charge on any atom is -0.321 e. The van der Waals surface area contributed by atoms with Gasteiger partial charge in [-0.3, -0.25) is 0 Å². The monoisotopic (exact) mass is 235 g/mol. The summed E-state index contributed by atoms with van der Waals surface area (Å²) in [5.41, 5.74) is 6.44. The van der Waals surface area contributed by atoms with E-state index in [0.29, 0.717) is 15.1 Å². The molecule has 0 aliphatic rings. The van der Waals surface area contributed by atoms with E-state index in [0.717, 1.165) is 5.56 Å². The van der Waals surface area contributed by atoms with Crippen LogP contribution in [-0.4, -0.2) is 0 Å². The van der Waals surface area contributed by atoms with E-state index < -0.39 is 0 Å². The average Bonchev–Trinajstić information content (AvgIpc) is 2.13. The zero-order chi connectivity index (χ0) is 10.0. The van der Waals surface area contributed by atoms with Crippen LogP contribution in [0.4, 0.5) is 0 Å². The highest BCUT2D eigenvalue weighted by atomic mass is 35.5. The highest BCUT2D eigenvalue weighted by Crippen LogP contribution is 2.34. The van der Waals surface area contributed by atoms with Crippen LogP contribution in [0.3, 0.4) is 0 Å². The Kier molecular flexibility index (Phi) is 3.63. The van der Waals surface area contributed by atoms with Gasteiger partial charge in [0.2, 0.25) is 0 Å². The van der Waals surface area contributed by atoms with Crippen molar-refractivity contribution in [2.24, 2.45) is 5.73 Å². The van der Waals surface area contributed by atoms with Gasteiger partial charge in [-0.1, -0.05) is 46.9 Å². The maximum absolute atomic E-state index is 5.93. The molecule has 0 fully saturated rings. The van der Waals surface area contributed by atoms with E-state index in [2.05, 4.69) is 6.58 Å². The maximum atomic E-state index is 5.93. The summed E-state index contributed by atoms with van der Waals surface area (Å²) in [6, 6.07) is 3.08. The normalized spacial score (nSPS) is 12.6. The molecule has 1 atom stereocenters. The number of rotatable bonds is 2. The van der Waals surface area contributed by atoms with Gasteiger partial charge in [0.25, 0.3) is 0 Å². The lowest BCUT2D eigenvalue weighted by molar-refractivity contribution is 0.915. The molecule has 70 valence electrons. The van der Waals surface area contributed by atoms with Gasteiger partial charge in [0, 0.05) is 6.04 Å². The number of hydrogen-bond donors (Lipinski definition) is 1. The van der Waals surface area contributed by atoms with Crippen molar-refractivity contribution in [3.05, 3.63) is 45.4 Å². The molecular weight excluding hydrogens is 228 g/mol. The summed E-state index contributed by atoms with van der Waals surface area (Å²) in [6.07, 6.45) is 1.59. The Labute approximate surface area is 92.1 Å². The molecule has 1 aromatic carbocycles. The van der Waals surface area contributed by atoms with Crippen molar-refractivity contribution in [1.29, 1.82) is 0 Å². The third-order valence-corrected chi connectivity index (χ3v) is 2.99. The molecule has 0 bridgehead atoms. The molecule has 0 aliphatic carbocycles.